The number of aryl methyl sites for hydroxylation is 1. The number of hydrogen-bond donors (Lipinski definition) is 3. The number of amides is 3. The standard InChI is InChI=1S/C19H29N3O5/c1-14-6-8-15(9-7-14)19(25)21-10-4-3-5-16(18(20)24)22-17(23)13-27-12-11-26-2/h6-9,16H,3-5,10-13H2,1-2H3,(H2,20,24)(H,21,25)(H,22,23). The Morgan fingerprint density at radius 3 is 2.44 bits per heavy atom. The van der Waals surface area contributed by atoms with E-state index in [1.54, 1.807) is 12.1 Å². The zero-order valence-corrected chi connectivity index (χ0v) is 16.0. The molecule has 8 heteroatoms. The van der Waals surface area contributed by atoms with E-state index < -0.39 is 17.9 Å². The fraction of sp³-hybridized carbons (Fsp3) is 0.526. The summed E-state index contributed by atoms with van der Waals surface area (Å²) in [5.74, 6) is -1.13. The van der Waals surface area contributed by atoms with Gasteiger partial charge in [-0.15, -0.1) is 0 Å². The third-order valence-electron chi connectivity index (χ3n) is 3.86. The molecule has 1 aromatic rings. The van der Waals surface area contributed by atoms with E-state index in [1.807, 2.05) is 19.1 Å². The summed E-state index contributed by atoms with van der Waals surface area (Å²) in [6.45, 7) is 2.97. The van der Waals surface area contributed by atoms with Crippen molar-refractivity contribution in [2.75, 3.05) is 33.5 Å². The summed E-state index contributed by atoms with van der Waals surface area (Å²) in [5.41, 5.74) is 7.03. The molecule has 0 fully saturated rings. The van der Waals surface area contributed by atoms with Gasteiger partial charge in [-0.05, 0) is 38.3 Å². The number of unbranched alkanes of at least 4 members (excludes halogenated alkanes) is 1. The highest BCUT2D eigenvalue weighted by Gasteiger charge is 2.17. The third-order valence-corrected chi connectivity index (χ3v) is 3.86. The first-order chi connectivity index (χ1) is 12.9. The van der Waals surface area contributed by atoms with Gasteiger partial charge in [-0.2, -0.15) is 0 Å². The number of methoxy groups -OCH3 is 1. The van der Waals surface area contributed by atoms with Crippen LogP contribution in [0.3, 0.4) is 0 Å². The van der Waals surface area contributed by atoms with Gasteiger partial charge in [-0.1, -0.05) is 17.7 Å². The highest BCUT2D eigenvalue weighted by Crippen LogP contribution is 2.04. The highest BCUT2D eigenvalue weighted by molar-refractivity contribution is 5.94. The van der Waals surface area contributed by atoms with E-state index >= 15 is 0 Å². The predicted molar refractivity (Wildman–Crippen MR) is 101 cm³/mol. The zero-order chi connectivity index (χ0) is 20.1. The lowest BCUT2D eigenvalue weighted by atomic mass is 10.1. The van der Waals surface area contributed by atoms with Crippen LogP contribution in [-0.2, 0) is 19.1 Å². The van der Waals surface area contributed by atoms with E-state index in [1.165, 1.54) is 7.11 Å². The second kappa shape index (κ2) is 12.8. The van der Waals surface area contributed by atoms with Gasteiger partial charge in [0.1, 0.15) is 12.6 Å². The second-order valence-corrected chi connectivity index (χ2v) is 6.19. The van der Waals surface area contributed by atoms with Crippen LogP contribution in [0.4, 0.5) is 0 Å². The molecule has 0 aliphatic rings. The summed E-state index contributed by atoms with van der Waals surface area (Å²) in [6.07, 6.45) is 1.70. The molecule has 0 aliphatic heterocycles. The van der Waals surface area contributed by atoms with E-state index in [0.717, 1.165) is 5.56 Å². The van der Waals surface area contributed by atoms with E-state index in [4.69, 9.17) is 15.2 Å². The van der Waals surface area contributed by atoms with Crippen molar-refractivity contribution in [2.45, 2.75) is 32.2 Å². The molecule has 8 nitrogen and oxygen atoms in total. The van der Waals surface area contributed by atoms with Crippen LogP contribution < -0.4 is 16.4 Å². The molecular weight excluding hydrogens is 350 g/mol. The number of carbonyl (C=O) groups is 3. The van der Waals surface area contributed by atoms with Crippen molar-refractivity contribution in [3.63, 3.8) is 0 Å². The largest absolute Gasteiger partial charge is 0.382 e. The van der Waals surface area contributed by atoms with Crippen LogP contribution in [0.25, 0.3) is 0 Å². The Morgan fingerprint density at radius 2 is 1.81 bits per heavy atom. The van der Waals surface area contributed by atoms with Crippen molar-refractivity contribution in [3.05, 3.63) is 35.4 Å². The minimum absolute atomic E-state index is 0.136. The normalized spacial score (nSPS) is 11.6. The molecule has 1 rings (SSSR count). The fourth-order valence-corrected chi connectivity index (χ4v) is 2.31. The zero-order valence-electron chi connectivity index (χ0n) is 16.0. The molecular formula is C19H29N3O5. The van der Waals surface area contributed by atoms with E-state index in [-0.39, 0.29) is 12.5 Å². The smallest absolute Gasteiger partial charge is 0.251 e. The van der Waals surface area contributed by atoms with Crippen LogP contribution in [0, 0.1) is 6.92 Å². The molecule has 0 aliphatic carbocycles. The SMILES string of the molecule is COCCOCC(=O)NC(CCCCNC(=O)c1ccc(C)cc1)C(N)=O. The Bertz CT molecular complexity index is 604. The number of rotatable bonds is 13. The van der Waals surface area contributed by atoms with Crippen LogP contribution in [0.2, 0.25) is 0 Å². The number of nitrogens with one attached hydrogen (secondary N) is 2. The molecule has 1 atom stereocenters. The van der Waals surface area contributed by atoms with Gasteiger partial charge in [-0.25, -0.2) is 0 Å². The van der Waals surface area contributed by atoms with E-state index in [9.17, 15) is 14.4 Å². The van der Waals surface area contributed by atoms with Gasteiger partial charge in [0.05, 0.1) is 13.2 Å². The molecule has 0 spiro atoms. The summed E-state index contributed by atoms with van der Waals surface area (Å²) < 4.78 is 9.91. The lowest BCUT2D eigenvalue weighted by molar-refractivity contribution is -0.130. The Balaban J connectivity index is 2.24. The molecule has 0 radical (unpaired) electrons. The molecule has 0 heterocycles. The van der Waals surface area contributed by atoms with E-state index in [2.05, 4.69) is 10.6 Å². The van der Waals surface area contributed by atoms with Crippen LogP contribution in [0.15, 0.2) is 24.3 Å². The minimum atomic E-state index is -0.753. The average Bonchev–Trinajstić information content (AvgIpc) is 2.64. The first-order valence-corrected chi connectivity index (χ1v) is 8.94. The maximum atomic E-state index is 12.0. The molecule has 0 saturated heterocycles. The van der Waals surface area contributed by atoms with Crippen molar-refractivity contribution in [1.82, 2.24) is 10.6 Å². The number of primary amides is 1. The second-order valence-electron chi connectivity index (χ2n) is 6.19. The summed E-state index contributed by atoms with van der Waals surface area (Å²) in [5, 5.41) is 5.39. The van der Waals surface area contributed by atoms with Gasteiger partial charge >= 0.3 is 0 Å². The number of carbonyl (C=O) groups excluding carboxylic acids is 3. The van der Waals surface area contributed by atoms with Crippen molar-refractivity contribution in [2.24, 2.45) is 5.73 Å². The topological polar surface area (TPSA) is 120 Å². The average molecular weight is 379 g/mol. The summed E-state index contributed by atoms with van der Waals surface area (Å²) >= 11 is 0. The van der Waals surface area contributed by atoms with Gasteiger partial charge in [0.15, 0.2) is 0 Å². The number of hydrogen-bond acceptors (Lipinski definition) is 5. The Hall–Kier alpha value is -2.45. The molecule has 1 aromatic carbocycles. The Labute approximate surface area is 159 Å². The minimum Gasteiger partial charge on any atom is -0.382 e. The maximum absolute atomic E-state index is 12.0. The molecule has 27 heavy (non-hydrogen) atoms. The van der Waals surface area contributed by atoms with Crippen molar-refractivity contribution < 1.29 is 23.9 Å². The van der Waals surface area contributed by atoms with Gasteiger partial charge < -0.3 is 25.8 Å². The first-order valence-electron chi connectivity index (χ1n) is 8.94. The first kappa shape index (κ1) is 22.6. The van der Waals surface area contributed by atoms with Gasteiger partial charge in [0.25, 0.3) is 5.91 Å². The monoisotopic (exact) mass is 379 g/mol. The van der Waals surface area contributed by atoms with Crippen LogP contribution in [0.5, 0.6) is 0 Å². The molecule has 150 valence electrons. The quantitative estimate of drug-likeness (QED) is 0.432. The predicted octanol–water partition coefficient (Wildman–Crippen LogP) is 0.528. The lowest BCUT2D eigenvalue weighted by Gasteiger charge is -2.15. The molecule has 4 N–H and O–H groups in total. The van der Waals surface area contributed by atoms with Gasteiger partial charge in [-0.3, -0.25) is 14.4 Å². The van der Waals surface area contributed by atoms with Crippen LogP contribution >= 0.6 is 0 Å². The van der Waals surface area contributed by atoms with Crippen LogP contribution in [-0.4, -0.2) is 57.2 Å². The van der Waals surface area contributed by atoms with Crippen molar-refractivity contribution in [1.29, 1.82) is 0 Å². The van der Waals surface area contributed by atoms with Gasteiger partial charge in [0, 0.05) is 19.2 Å². The van der Waals surface area contributed by atoms with E-state index in [0.29, 0.717) is 44.6 Å². The summed E-state index contributed by atoms with van der Waals surface area (Å²) in [4.78, 5) is 35.2. The number of benzene rings is 1. The summed E-state index contributed by atoms with van der Waals surface area (Å²) in [7, 11) is 1.54. The third kappa shape index (κ3) is 9.72. The molecule has 1 unspecified atom stereocenters. The van der Waals surface area contributed by atoms with Crippen molar-refractivity contribution in [3.8, 4) is 0 Å². The van der Waals surface area contributed by atoms with Crippen LogP contribution in [0.1, 0.15) is 35.2 Å². The maximum Gasteiger partial charge on any atom is 0.251 e. The van der Waals surface area contributed by atoms with Crippen molar-refractivity contribution >= 4 is 17.7 Å². The molecule has 0 bridgehead atoms. The Morgan fingerprint density at radius 1 is 1.11 bits per heavy atom. The van der Waals surface area contributed by atoms with Gasteiger partial charge in [0.2, 0.25) is 11.8 Å². The molecule has 0 saturated carbocycles. The molecule has 0 aromatic heterocycles. The summed E-state index contributed by atoms with van der Waals surface area (Å²) in [6, 6.07) is 6.56. The Kier molecular flexibility index (Phi) is 10.7. The number of nitrogens with two attached hydrogens (primary N) is 1. The number of ether oxygens (including phenoxy) is 2. The fourth-order valence-electron chi connectivity index (χ4n) is 2.31. The molecule has 3 amide bonds. The highest BCUT2D eigenvalue weighted by atomic mass is 16.5. The lowest BCUT2D eigenvalue weighted by Crippen LogP contribution is -2.45.